The highest BCUT2D eigenvalue weighted by atomic mass is 32.1. The Morgan fingerprint density at radius 3 is 2.65 bits per heavy atom. The second-order valence-electron chi connectivity index (χ2n) is 7.48. The average molecular weight is 436 g/mol. The molecule has 1 aliphatic rings. The molecule has 2 aromatic carbocycles. The van der Waals surface area contributed by atoms with E-state index in [0.29, 0.717) is 17.2 Å². The summed E-state index contributed by atoms with van der Waals surface area (Å²) in [5.41, 5.74) is 2.54. The molecule has 1 heterocycles. The second kappa shape index (κ2) is 9.75. The number of ether oxygens (including phenoxy) is 1. The van der Waals surface area contributed by atoms with E-state index in [4.69, 9.17) is 4.74 Å². The number of aromatic nitrogens is 1. The largest absolute Gasteiger partial charge is 0.497 e. The van der Waals surface area contributed by atoms with Crippen LogP contribution in [0, 0.1) is 0 Å². The van der Waals surface area contributed by atoms with E-state index in [0.717, 1.165) is 47.6 Å². The Balaban J connectivity index is 1.37. The highest BCUT2D eigenvalue weighted by Gasteiger charge is 2.30. The number of aryl methyl sites for hydroxylation is 1. The summed E-state index contributed by atoms with van der Waals surface area (Å²) in [4.78, 5) is 31.0. The van der Waals surface area contributed by atoms with Crippen LogP contribution in [0.4, 0.5) is 5.13 Å². The minimum atomic E-state index is -0.266. The number of carbonyl (C=O) groups is 2. The third-order valence-corrected chi connectivity index (χ3v) is 6.45. The fraction of sp³-hybridized carbons (Fsp3) is 0.292. The monoisotopic (exact) mass is 435 g/mol. The SMILES string of the molecule is COc1ccc(CCNC(=O)[C@H]2CCCc3sc(NC(=O)c4ccccc4)nc32)cc1. The lowest BCUT2D eigenvalue weighted by atomic mass is 9.90. The van der Waals surface area contributed by atoms with Gasteiger partial charge in [-0.05, 0) is 55.5 Å². The minimum absolute atomic E-state index is 0.000646. The van der Waals surface area contributed by atoms with E-state index in [1.165, 1.54) is 11.3 Å². The molecule has 1 aliphatic carbocycles. The van der Waals surface area contributed by atoms with Crippen LogP contribution >= 0.6 is 11.3 Å². The number of fused-ring (bicyclic) bond motifs is 1. The number of hydrogen-bond donors (Lipinski definition) is 2. The van der Waals surface area contributed by atoms with Crippen LogP contribution in [0.1, 0.15) is 45.3 Å². The molecule has 2 amide bonds. The number of thiazole rings is 1. The third-order valence-electron chi connectivity index (χ3n) is 5.40. The van der Waals surface area contributed by atoms with Gasteiger partial charge in [-0.25, -0.2) is 4.98 Å². The summed E-state index contributed by atoms with van der Waals surface area (Å²) in [6.07, 6.45) is 3.36. The smallest absolute Gasteiger partial charge is 0.257 e. The average Bonchev–Trinajstić information content (AvgIpc) is 3.22. The van der Waals surface area contributed by atoms with Crippen LogP contribution in [0.3, 0.4) is 0 Å². The van der Waals surface area contributed by atoms with Gasteiger partial charge < -0.3 is 10.1 Å². The molecule has 31 heavy (non-hydrogen) atoms. The Labute approximate surface area is 185 Å². The van der Waals surface area contributed by atoms with Crippen molar-refractivity contribution >= 4 is 28.3 Å². The van der Waals surface area contributed by atoms with Gasteiger partial charge in [-0.15, -0.1) is 11.3 Å². The predicted molar refractivity (Wildman–Crippen MR) is 122 cm³/mol. The summed E-state index contributed by atoms with van der Waals surface area (Å²) < 4.78 is 5.17. The van der Waals surface area contributed by atoms with E-state index in [1.54, 1.807) is 19.2 Å². The molecule has 0 radical (unpaired) electrons. The number of methoxy groups -OCH3 is 1. The van der Waals surface area contributed by atoms with Gasteiger partial charge in [-0.2, -0.15) is 0 Å². The normalized spacial score (nSPS) is 15.1. The van der Waals surface area contributed by atoms with Crippen LogP contribution < -0.4 is 15.4 Å². The summed E-state index contributed by atoms with van der Waals surface area (Å²) in [5, 5.41) is 6.48. The molecule has 1 atom stereocenters. The van der Waals surface area contributed by atoms with E-state index >= 15 is 0 Å². The Morgan fingerprint density at radius 2 is 1.90 bits per heavy atom. The van der Waals surface area contributed by atoms with Crippen molar-refractivity contribution in [2.75, 3.05) is 19.0 Å². The quantitative estimate of drug-likeness (QED) is 0.583. The Bertz CT molecular complexity index is 1050. The zero-order valence-corrected chi connectivity index (χ0v) is 18.2. The molecule has 0 aliphatic heterocycles. The lowest BCUT2D eigenvalue weighted by Gasteiger charge is -2.20. The standard InChI is InChI=1S/C24H25N3O3S/c1-30-18-12-10-16(11-13-18)14-15-25-23(29)19-8-5-9-20-21(19)26-24(31-20)27-22(28)17-6-3-2-4-7-17/h2-4,6-7,10-13,19H,5,8-9,14-15H2,1H3,(H,25,29)(H,26,27,28)/t19-/m0/s1. The molecule has 160 valence electrons. The van der Waals surface area contributed by atoms with E-state index < -0.39 is 0 Å². The topological polar surface area (TPSA) is 80.3 Å². The van der Waals surface area contributed by atoms with Crippen LogP contribution in [-0.4, -0.2) is 30.5 Å². The third kappa shape index (κ3) is 5.11. The number of nitrogens with zero attached hydrogens (tertiary/aromatic N) is 1. The number of amides is 2. The van der Waals surface area contributed by atoms with Crippen molar-refractivity contribution in [2.24, 2.45) is 0 Å². The van der Waals surface area contributed by atoms with Gasteiger partial charge in [-0.1, -0.05) is 30.3 Å². The first-order valence-electron chi connectivity index (χ1n) is 10.4. The van der Waals surface area contributed by atoms with E-state index in [9.17, 15) is 9.59 Å². The lowest BCUT2D eigenvalue weighted by molar-refractivity contribution is -0.122. The van der Waals surface area contributed by atoms with Crippen molar-refractivity contribution in [1.29, 1.82) is 0 Å². The van der Waals surface area contributed by atoms with Crippen molar-refractivity contribution in [3.8, 4) is 5.75 Å². The van der Waals surface area contributed by atoms with Gasteiger partial charge >= 0.3 is 0 Å². The highest BCUT2D eigenvalue weighted by Crippen LogP contribution is 2.37. The lowest BCUT2D eigenvalue weighted by Crippen LogP contribution is -2.32. The number of nitrogens with one attached hydrogen (secondary N) is 2. The van der Waals surface area contributed by atoms with Gasteiger partial charge in [0.25, 0.3) is 5.91 Å². The molecular weight excluding hydrogens is 410 g/mol. The highest BCUT2D eigenvalue weighted by molar-refractivity contribution is 7.16. The molecule has 0 unspecified atom stereocenters. The second-order valence-corrected chi connectivity index (χ2v) is 8.57. The Hall–Kier alpha value is -3.19. The van der Waals surface area contributed by atoms with E-state index in [-0.39, 0.29) is 17.7 Å². The maximum Gasteiger partial charge on any atom is 0.257 e. The zero-order valence-electron chi connectivity index (χ0n) is 17.4. The molecule has 0 saturated carbocycles. The first-order chi connectivity index (χ1) is 15.1. The number of benzene rings is 2. The molecule has 0 fully saturated rings. The molecule has 0 spiro atoms. The fourth-order valence-electron chi connectivity index (χ4n) is 3.73. The molecule has 1 aromatic heterocycles. The Morgan fingerprint density at radius 1 is 1.13 bits per heavy atom. The summed E-state index contributed by atoms with van der Waals surface area (Å²) in [7, 11) is 1.64. The maximum absolute atomic E-state index is 12.9. The van der Waals surface area contributed by atoms with Gasteiger partial charge in [0.05, 0.1) is 18.7 Å². The van der Waals surface area contributed by atoms with Gasteiger partial charge in [0.1, 0.15) is 5.75 Å². The summed E-state index contributed by atoms with van der Waals surface area (Å²) in [6, 6.07) is 16.9. The van der Waals surface area contributed by atoms with Gasteiger partial charge in [0.2, 0.25) is 5.91 Å². The summed E-state index contributed by atoms with van der Waals surface area (Å²) in [5.74, 6) is 0.368. The fourth-order valence-corrected chi connectivity index (χ4v) is 4.79. The van der Waals surface area contributed by atoms with Gasteiger partial charge in [-0.3, -0.25) is 14.9 Å². The van der Waals surface area contributed by atoms with Crippen LogP contribution in [0.25, 0.3) is 0 Å². The summed E-state index contributed by atoms with van der Waals surface area (Å²) in [6.45, 7) is 0.568. The van der Waals surface area contributed by atoms with Crippen molar-refractivity contribution in [3.05, 3.63) is 76.3 Å². The molecular formula is C24H25N3O3S. The number of hydrogen-bond acceptors (Lipinski definition) is 5. The van der Waals surface area contributed by atoms with Crippen LogP contribution in [0.2, 0.25) is 0 Å². The van der Waals surface area contributed by atoms with Crippen molar-refractivity contribution in [2.45, 2.75) is 31.6 Å². The van der Waals surface area contributed by atoms with Crippen LogP contribution in [0.15, 0.2) is 54.6 Å². The van der Waals surface area contributed by atoms with Crippen molar-refractivity contribution in [1.82, 2.24) is 10.3 Å². The molecule has 3 aromatic rings. The number of rotatable bonds is 7. The number of carbonyl (C=O) groups excluding carboxylic acids is 2. The van der Waals surface area contributed by atoms with Crippen molar-refractivity contribution in [3.63, 3.8) is 0 Å². The maximum atomic E-state index is 12.9. The Kier molecular flexibility index (Phi) is 6.62. The van der Waals surface area contributed by atoms with Crippen LogP contribution in [-0.2, 0) is 17.6 Å². The van der Waals surface area contributed by atoms with Crippen LogP contribution in [0.5, 0.6) is 5.75 Å². The molecule has 6 nitrogen and oxygen atoms in total. The summed E-state index contributed by atoms with van der Waals surface area (Å²) >= 11 is 1.47. The molecule has 0 bridgehead atoms. The van der Waals surface area contributed by atoms with E-state index in [2.05, 4.69) is 15.6 Å². The first-order valence-corrected chi connectivity index (χ1v) is 11.2. The number of anilines is 1. The first kappa shape index (κ1) is 21.1. The molecule has 2 N–H and O–H groups in total. The van der Waals surface area contributed by atoms with Gasteiger partial charge in [0, 0.05) is 17.0 Å². The molecule has 0 saturated heterocycles. The van der Waals surface area contributed by atoms with Gasteiger partial charge in [0.15, 0.2) is 5.13 Å². The molecule has 4 rings (SSSR count). The zero-order chi connectivity index (χ0) is 21.6. The molecule has 7 heteroatoms. The minimum Gasteiger partial charge on any atom is -0.497 e. The predicted octanol–water partition coefficient (Wildman–Crippen LogP) is 4.18. The van der Waals surface area contributed by atoms with Crippen molar-refractivity contribution < 1.29 is 14.3 Å². The van der Waals surface area contributed by atoms with E-state index in [1.807, 2.05) is 42.5 Å².